The lowest BCUT2D eigenvalue weighted by Crippen LogP contribution is -2.41. The highest BCUT2D eigenvalue weighted by Gasteiger charge is 2.49. The molecule has 1 aliphatic carbocycles. The highest BCUT2D eigenvalue weighted by atomic mass is 16.5. The molecular formula is C15H16N2O2. The Morgan fingerprint density at radius 2 is 1.84 bits per heavy atom. The van der Waals surface area contributed by atoms with Crippen molar-refractivity contribution in [3.05, 3.63) is 29.8 Å². The number of aliphatic hydroxyl groups is 1. The van der Waals surface area contributed by atoms with Crippen molar-refractivity contribution in [2.24, 2.45) is 5.41 Å². The second-order valence-corrected chi connectivity index (χ2v) is 4.87. The summed E-state index contributed by atoms with van der Waals surface area (Å²) in [5, 5.41) is 28.9. The van der Waals surface area contributed by atoms with Crippen LogP contribution in [0.25, 0.3) is 0 Å². The third-order valence-corrected chi connectivity index (χ3v) is 3.93. The van der Waals surface area contributed by atoms with Crippen molar-refractivity contribution < 1.29 is 9.84 Å². The summed E-state index contributed by atoms with van der Waals surface area (Å²) < 4.78 is 5.10. The molecule has 0 bridgehead atoms. The topological polar surface area (TPSA) is 77.0 Å². The number of hydrogen-bond acceptors (Lipinski definition) is 4. The molecule has 19 heavy (non-hydrogen) atoms. The minimum Gasteiger partial charge on any atom is -0.497 e. The lowest BCUT2D eigenvalue weighted by Gasteiger charge is -2.37. The Hall–Kier alpha value is -2.04. The van der Waals surface area contributed by atoms with Crippen molar-refractivity contribution in [1.82, 2.24) is 0 Å². The predicted octanol–water partition coefficient (Wildman–Crippen LogP) is 2.36. The third kappa shape index (κ3) is 2.16. The van der Waals surface area contributed by atoms with E-state index in [1.807, 2.05) is 24.3 Å². The van der Waals surface area contributed by atoms with E-state index in [4.69, 9.17) is 4.74 Å². The molecule has 1 aliphatic rings. The number of nitriles is 2. The number of hydrogen-bond donors (Lipinski definition) is 1. The first kappa shape index (κ1) is 13.4. The van der Waals surface area contributed by atoms with Crippen LogP contribution < -0.4 is 4.74 Å². The number of benzene rings is 1. The van der Waals surface area contributed by atoms with E-state index < -0.39 is 11.5 Å². The van der Waals surface area contributed by atoms with Crippen LogP contribution in [0.15, 0.2) is 24.3 Å². The quantitative estimate of drug-likeness (QED) is 0.881. The van der Waals surface area contributed by atoms with E-state index in [1.165, 1.54) is 0 Å². The lowest BCUT2D eigenvalue weighted by molar-refractivity contribution is 0.0442. The first-order valence-electron chi connectivity index (χ1n) is 6.32. The van der Waals surface area contributed by atoms with Crippen molar-refractivity contribution in [2.45, 2.75) is 31.3 Å². The molecule has 0 aromatic heterocycles. The Labute approximate surface area is 112 Å². The van der Waals surface area contributed by atoms with Gasteiger partial charge in [-0.05, 0) is 30.5 Å². The zero-order valence-corrected chi connectivity index (χ0v) is 10.8. The van der Waals surface area contributed by atoms with Gasteiger partial charge in [-0.15, -0.1) is 0 Å². The Bertz CT molecular complexity index is 511. The molecule has 2 rings (SSSR count). The molecule has 2 unspecified atom stereocenters. The molecule has 0 heterocycles. The Kier molecular flexibility index (Phi) is 3.74. The maximum Gasteiger partial charge on any atom is 0.176 e. The van der Waals surface area contributed by atoms with Gasteiger partial charge < -0.3 is 9.84 Å². The molecular weight excluding hydrogens is 240 g/mol. The van der Waals surface area contributed by atoms with E-state index in [1.54, 1.807) is 7.11 Å². The summed E-state index contributed by atoms with van der Waals surface area (Å²) in [6.45, 7) is 0. The standard InChI is InChI=1S/C15H16N2O2/c1-19-12-7-5-11(6-8-12)13-3-2-4-14(18)15(13,9-16)10-17/h5-8,13-14,18H,2-4H2,1H3. The SMILES string of the molecule is COc1ccc(C2CCCC(O)C2(C#N)C#N)cc1. The molecule has 0 amide bonds. The molecule has 4 nitrogen and oxygen atoms in total. The summed E-state index contributed by atoms with van der Waals surface area (Å²) in [6, 6.07) is 11.5. The predicted molar refractivity (Wildman–Crippen MR) is 69.3 cm³/mol. The average Bonchev–Trinajstić information content (AvgIpc) is 2.47. The van der Waals surface area contributed by atoms with E-state index in [-0.39, 0.29) is 5.92 Å². The van der Waals surface area contributed by atoms with Crippen molar-refractivity contribution in [3.63, 3.8) is 0 Å². The number of ether oxygens (including phenoxy) is 1. The fourth-order valence-corrected chi connectivity index (χ4v) is 2.80. The lowest BCUT2D eigenvalue weighted by atomic mass is 9.64. The molecule has 0 radical (unpaired) electrons. The van der Waals surface area contributed by atoms with Crippen LogP contribution in [0.5, 0.6) is 5.75 Å². The summed E-state index contributed by atoms with van der Waals surface area (Å²) in [5.74, 6) is 0.483. The van der Waals surface area contributed by atoms with Crippen LogP contribution in [0.2, 0.25) is 0 Å². The Morgan fingerprint density at radius 3 is 2.37 bits per heavy atom. The first-order valence-corrected chi connectivity index (χ1v) is 6.32. The second-order valence-electron chi connectivity index (χ2n) is 4.87. The molecule has 98 valence electrons. The van der Waals surface area contributed by atoms with Crippen molar-refractivity contribution >= 4 is 0 Å². The molecule has 4 heteroatoms. The van der Waals surface area contributed by atoms with Crippen LogP contribution in [0, 0.1) is 28.1 Å². The van der Waals surface area contributed by atoms with Gasteiger partial charge >= 0.3 is 0 Å². The maximum atomic E-state index is 10.1. The fraction of sp³-hybridized carbons (Fsp3) is 0.467. The molecule has 0 spiro atoms. The van der Waals surface area contributed by atoms with Gasteiger partial charge in [0, 0.05) is 5.92 Å². The number of aliphatic hydroxyl groups excluding tert-OH is 1. The molecule has 1 N–H and O–H groups in total. The summed E-state index contributed by atoms with van der Waals surface area (Å²) in [7, 11) is 1.59. The molecule has 0 aliphatic heterocycles. The Morgan fingerprint density at radius 1 is 1.21 bits per heavy atom. The Balaban J connectivity index is 2.40. The van der Waals surface area contributed by atoms with Crippen LogP contribution in [0.4, 0.5) is 0 Å². The fourth-order valence-electron chi connectivity index (χ4n) is 2.80. The number of rotatable bonds is 2. The van der Waals surface area contributed by atoms with Gasteiger partial charge in [0.25, 0.3) is 0 Å². The average molecular weight is 256 g/mol. The van der Waals surface area contributed by atoms with Gasteiger partial charge in [0.15, 0.2) is 5.41 Å². The van der Waals surface area contributed by atoms with E-state index in [9.17, 15) is 15.6 Å². The van der Waals surface area contributed by atoms with Crippen LogP contribution in [0.1, 0.15) is 30.7 Å². The number of nitrogens with zero attached hydrogens (tertiary/aromatic N) is 2. The smallest absolute Gasteiger partial charge is 0.176 e. The van der Waals surface area contributed by atoms with E-state index >= 15 is 0 Å². The summed E-state index contributed by atoms with van der Waals surface area (Å²) >= 11 is 0. The molecule has 0 saturated heterocycles. The van der Waals surface area contributed by atoms with Crippen molar-refractivity contribution in [3.8, 4) is 17.9 Å². The molecule has 1 fully saturated rings. The largest absolute Gasteiger partial charge is 0.497 e. The molecule has 1 aromatic carbocycles. The van der Waals surface area contributed by atoms with Gasteiger partial charge in [0.05, 0.1) is 25.4 Å². The minimum atomic E-state index is -1.34. The van der Waals surface area contributed by atoms with Crippen LogP contribution in [-0.4, -0.2) is 18.3 Å². The number of methoxy groups -OCH3 is 1. The molecule has 1 aromatic rings. The van der Waals surface area contributed by atoms with Gasteiger partial charge in [-0.2, -0.15) is 10.5 Å². The minimum absolute atomic E-state index is 0.253. The monoisotopic (exact) mass is 256 g/mol. The van der Waals surface area contributed by atoms with Gasteiger partial charge in [0.1, 0.15) is 5.75 Å². The summed E-state index contributed by atoms with van der Waals surface area (Å²) in [5.41, 5.74) is -0.435. The first-order chi connectivity index (χ1) is 9.17. The van der Waals surface area contributed by atoms with Crippen LogP contribution in [-0.2, 0) is 0 Å². The second kappa shape index (κ2) is 5.30. The molecule has 2 atom stereocenters. The van der Waals surface area contributed by atoms with E-state index in [0.717, 1.165) is 24.2 Å². The highest BCUT2D eigenvalue weighted by molar-refractivity contribution is 5.36. The zero-order valence-electron chi connectivity index (χ0n) is 10.8. The van der Waals surface area contributed by atoms with Gasteiger partial charge in [0.2, 0.25) is 0 Å². The van der Waals surface area contributed by atoms with Crippen molar-refractivity contribution in [1.29, 1.82) is 10.5 Å². The van der Waals surface area contributed by atoms with Crippen LogP contribution in [0.3, 0.4) is 0 Å². The highest BCUT2D eigenvalue weighted by Crippen LogP contribution is 2.46. The summed E-state index contributed by atoms with van der Waals surface area (Å²) in [6.07, 6.45) is 1.18. The maximum absolute atomic E-state index is 10.1. The van der Waals surface area contributed by atoms with Crippen molar-refractivity contribution in [2.75, 3.05) is 7.11 Å². The normalized spacial score (nSPS) is 25.1. The molecule has 1 saturated carbocycles. The summed E-state index contributed by atoms with van der Waals surface area (Å²) in [4.78, 5) is 0. The third-order valence-electron chi connectivity index (χ3n) is 3.93. The van der Waals surface area contributed by atoms with Gasteiger partial charge in [-0.3, -0.25) is 0 Å². The van der Waals surface area contributed by atoms with Crippen LogP contribution >= 0.6 is 0 Å². The van der Waals surface area contributed by atoms with Gasteiger partial charge in [-0.25, -0.2) is 0 Å². The van der Waals surface area contributed by atoms with E-state index in [0.29, 0.717) is 6.42 Å². The van der Waals surface area contributed by atoms with E-state index in [2.05, 4.69) is 12.1 Å². The van der Waals surface area contributed by atoms with Gasteiger partial charge in [-0.1, -0.05) is 18.6 Å². The zero-order chi connectivity index (χ0) is 13.9.